The van der Waals surface area contributed by atoms with Crippen LogP contribution in [0.5, 0.6) is 0 Å². The van der Waals surface area contributed by atoms with Gasteiger partial charge in [-0.15, -0.1) is 0 Å². The number of hydrogen-bond acceptors (Lipinski definition) is 6. The number of carbonyl (C=O) groups excluding carboxylic acids is 2. The third kappa shape index (κ3) is 5.88. The molecule has 1 heterocycles. The van der Waals surface area contributed by atoms with Crippen LogP contribution in [0.4, 0.5) is 13.2 Å². The summed E-state index contributed by atoms with van der Waals surface area (Å²) >= 11 is 1.52. The number of esters is 2. The standard InChI is InChI=1S/C13H17F3O5S/c1-3-4-9(20-11(17)8(2)13(14,15)16)12(18)21-10-7-22-6-5-19-10/h9-10H,2-7H2,1H3. The second kappa shape index (κ2) is 8.42. The molecular weight excluding hydrogens is 325 g/mol. The lowest BCUT2D eigenvalue weighted by atomic mass is 10.2. The fraction of sp³-hybridized carbons (Fsp3) is 0.692. The van der Waals surface area contributed by atoms with Crippen LogP contribution in [0.2, 0.25) is 0 Å². The van der Waals surface area contributed by atoms with Crippen LogP contribution in [-0.2, 0) is 23.8 Å². The van der Waals surface area contributed by atoms with E-state index in [-0.39, 0.29) is 6.42 Å². The molecular formula is C13H17F3O5S. The van der Waals surface area contributed by atoms with Gasteiger partial charge in [0, 0.05) is 5.75 Å². The van der Waals surface area contributed by atoms with Crippen LogP contribution in [0.25, 0.3) is 0 Å². The monoisotopic (exact) mass is 342 g/mol. The van der Waals surface area contributed by atoms with E-state index >= 15 is 0 Å². The van der Waals surface area contributed by atoms with Gasteiger partial charge in [-0.25, -0.2) is 9.59 Å². The maximum absolute atomic E-state index is 12.4. The summed E-state index contributed by atoms with van der Waals surface area (Å²) in [7, 11) is 0. The van der Waals surface area contributed by atoms with Crippen molar-refractivity contribution in [3.63, 3.8) is 0 Å². The number of alkyl halides is 3. The molecule has 0 aliphatic carbocycles. The summed E-state index contributed by atoms with van der Waals surface area (Å²) in [5.74, 6) is -1.40. The molecule has 9 heteroatoms. The van der Waals surface area contributed by atoms with E-state index in [0.717, 1.165) is 5.75 Å². The Morgan fingerprint density at radius 1 is 1.45 bits per heavy atom. The van der Waals surface area contributed by atoms with Gasteiger partial charge in [0.25, 0.3) is 0 Å². The van der Waals surface area contributed by atoms with Crippen molar-refractivity contribution in [2.45, 2.75) is 38.3 Å². The smallest absolute Gasteiger partial charge is 0.422 e. The van der Waals surface area contributed by atoms with E-state index in [4.69, 9.17) is 9.47 Å². The Morgan fingerprint density at radius 3 is 2.64 bits per heavy atom. The molecule has 0 N–H and O–H groups in total. The minimum atomic E-state index is -4.90. The van der Waals surface area contributed by atoms with Crippen molar-refractivity contribution in [3.05, 3.63) is 12.2 Å². The fourth-order valence-corrected chi connectivity index (χ4v) is 2.28. The molecule has 0 aromatic carbocycles. The van der Waals surface area contributed by atoms with Crippen LogP contribution >= 0.6 is 11.8 Å². The number of hydrogen-bond donors (Lipinski definition) is 0. The zero-order valence-corrected chi connectivity index (χ0v) is 12.8. The maximum Gasteiger partial charge on any atom is 0.422 e. The largest absolute Gasteiger partial charge is 0.447 e. The molecule has 2 atom stereocenters. The summed E-state index contributed by atoms with van der Waals surface area (Å²) in [6, 6.07) is 0. The Hall–Kier alpha value is -1.22. The zero-order chi connectivity index (χ0) is 16.8. The summed E-state index contributed by atoms with van der Waals surface area (Å²) in [5.41, 5.74) is -1.66. The van der Waals surface area contributed by atoms with E-state index < -0.39 is 36.1 Å². The van der Waals surface area contributed by atoms with Crippen LogP contribution in [-0.4, -0.2) is 48.6 Å². The molecule has 1 aliphatic rings. The van der Waals surface area contributed by atoms with Crippen molar-refractivity contribution in [2.75, 3.05) is 18.1 Å². The molecule has 1 aliphatic heterocycles. The molecule has 0 aromatic heterocycles. The Bertz CT molecular complexity index is 418. The lowest BCUT2D eigenvalue weighted by molar-refractivity contribution is -0.190. The zero-order valence-electron chi connectivity index (χ0n) is 12.0. The van der Waals surface area contributed by atoms with Gasteiger partial charge in [0.05, 0.1) is 12.4 Å². The van der Waals surface area contributed by atoms with Gasteiger partial charge in [0.2, 0.25) is 6.29 Å². The molecule has 0 spiro atoms. The normalized spacial score (nSPS) is 20.1. The highest BCUT2D eigenvalue weighted by Gasteiger charge is 2.40. The highest BCUT2D eigenvalue weighted by atomic mass is 32.2. The Balaban J connectivity index is 2.61. The van der Waals surface area contributed by atoms with Crippen molar-refractivity contribution >= 4 is 23.7 Å². The van der Waals surface area contributed by atoms with Crippen molar-refractivity contribution in [1.29, 1.82) is 0 Å². The number of thioether (sulfide) groups is 1. The van der Waals surface area contributed by atoms with Gasteiger partial charge >= 0.3 is 18.1 Å². The molecule has 22 heavy (non-hydrogen) atoms. The highest BCUT2D eigenvalue weighted by molar-refractivity contribution is 7.99. The summed E-state index contributed by atoms with van der Waals surface area (Å²) in [6.45, 7) is 4.74. The van der Waals surface area contributed by atoms with E-state index in [1.165, 1.54) is 11.8 Å². The molecule has 0 aromatic rings. The topological polar surface area (TPSA) is 61.8 Å². The van der Waals surface area contributed by atoms with Crippen LogP contribution in [0, 0.1) is 0 Å². The lowest BCUT2D eigenvalue weighted by Gasteiger charge is -2.24. The minimum absolute atomic E-state index is 0.0512. The quantitative estimate of drug-likeness (QED) is 0.546. The van der Waals surface area contributed by atoms with Crippen molar-refractivity contribution in [2.24, 2.45) is 0 Å². The van der Waals surface area contributed by atoms with Gasteiger partial charge in [-0.05, 0) is 6.42 Å². The molecule has 1 fully saturated rings. The number of rotatable bonds is 6. The van der Waals surface area contributed by atoms with Crippen LogP contribution < -0.4 is 0 Å². The van der Waals surface area contributed by atoms with Gasteiger partial charge < -0.3 is 14.2 Å². The molecule has 5 nitrogen and oxygen atoms in total. The summed E-state index contributed by atoms with van der Waals surface area (Å²) in [6.07, 6.45) is -6.62. The van der Waals surface area contributed by atoms with E-state index in [2.05, 4.69) is 11.3 Å². The van der Waals surface area contributed by atoms with Crippen LogP contribution in [0.15, 0.2) is 12.2 Å². The summed E-state index contributed by atoms with van der Waals surface area (Å²) < 4.78 is 51.9. The first kappa shape index (κ1) is 18.8. The predicted molar refractivity (Wildman–Crippen MR) is 73.1 cm³/mol. The third-order valence-corrected chi connectivity index (χ3v) is 3.65. The molecule has 0 saturated carbocycles. The number of ether oxygens (including phenoxy) is 3. The number of carbonyl (C=O) groups is 2. The Kier molecular flexibility index (Phi) is 7.21. The third-order valence-electron chi connectivity index (χ3n) is 2.68. The predicted octanol–water partition coefficient (Wildman–Crippen LogP) is 2.45. The van der Waals surface area contributed by atoms with Crippen LogP contribution in [0.1, 0.15) is 19.8 Å². The molecule has 2 unspecified atom stereocenters. The maximum atomic E-state index is 12.4. The highest BCUT2D eigenvalue weighted by Crippen LogP contribution is 2.26. The van der Waals surface area contributed by atoms with Gasteiger partial charge in [0.15, 0.2) is 6.10 Å². The van der Waals surface area contributed by atoms with Gasteiger partial charge in [-0.2, -0.15) is 24.9 Å². The molecule has 0 bridgehead atoms. The molecule has 126 valence electrons. The number of halogens is 3. The van der Waals surface area contributed by atoms with Crippen molar-refractivity contribution in [1.82, 2.24) is 0 Å². The SMILES string of the molecule is C=C(C(=O)OC(CCC)C(=O)OC1CSCCO1)C(F)(F)F. The van der Waals surface area contributed by atoms with E-state index in [1.807, 2.05) is 0 Å². The van der Waals surface area contributed by atoms with Gasteiger partial charge in [-0.3, -0.25) is 0 Å². The second-order valence-corrected chi connectivity index (χ2v) is 5.62. The first-order valence-corrected chi connectivity index (χ1v) is 7.78. The van der Waals surface area contributed by atoms with Crippen molar-refractivity contribution in [3.8, 4) is 0 Å². The van der Waals surface area contributed by atoms with Crippen molar-refractivity contribution < 1.29 is 37.0 Å². The fourth-order valence-electron chi connectivity index (χ4n) is 1.54. The summed E-state index contributed by atoms with van der Waals surface area (Å²) in [4.78, 5) is 23.3. The van der Waals surface area contributed by atoms with E-state index in [1.54, 1.807) is 6.92 Å². The first-order chi connectivity index (χ1) is 10.3. The summed E-state index contributed by atoms with van der Waals surface area (Å²) in [5, 5.41) is 0. The van der Waals surface area contributed by atoms with E-state index in [9.17, 15) is 22.8 Å². The second-order valence-electron chi connectivity index (χ2n) is 4.47. The van der Waals surface area contributed by atoms with Crippen LogP contribution in [0.3, 0.4) is 0 Å². The molecule has 0 radical (unpaired) electrons. The molecule has 1 saturated heterocycles. The first-order valence-electron chi connectivity index (χ1n) is 6.62. The Labute approximate surface area is 130 Å². The average molecular weight is 342 g/mol. The molecule has 0 amide bonds. The molecule has 1 rings (SSSR count). The van der Waals surface area contributed by atoms with Gasteiger partial charge in [-0.1, -0.05) is 19.9 Å². The van der Waals surface area contributed by atoms with E-state index in [0.29, 0.717) is 18.8 Å². The lowest BCUT2D eigenvalue weighted by Crippen LogP contribution is -2.37. The minimum Gasteiger partial charge on any atom is -0.447 e. The Morgan fingerprint density at radius 2 is 2.14 bits per heavy atom. The average Bonchev–Trinajstić information content (AvgIpc) is 2.45. The van der Waals surface area contributed by atoms with Gasteiger partial charge in [0.1, 0.15) is 5.57 Å².